The lowest BCUT2D eigenvalue weighted by Gasteiger charge is -2.47. The molecular weight excluding hydrogens is 472 g/mol. The summed E-state index contributed by atoms with van der Waals surface area (Å²) in [5.74, 6) is 1.89. The van der Waals surface area contributed by atoms with Gasteiger partial charge in [-0.1, -0.05) is 6.07 Å². The van der Waals surface area contributed by atoms with Gasteiger partial charge in [0.2, 0.25) is 5.95 Å². The van der Waals surface area contributed by atoms with Crippen molar-refractivity contribution in [1.82, 2.24) is 40.9 Å². The van der Waals surface area contributed by atoms with E-state index in [1.165, 1.54) is 0 Å². The quantitative estimate of drug-likeness (QED) is 0.352. The van der Waals surface area contributed by atoms with Crippen LogP contribution in [0.3, 0.4) is 0 Å². The van der Waals surface area contributed by atoms with Crippen LogP contribution in [0.2, 0.25) is 0 Å². The topological polar surface area (TPSA) is 134 Å². The van der Waals surface area contributed by atoms with Crippen molar-refractivity contribution >= 4 is 17.7 Å². The molecule has 196 valence electrons. The Morgan fingerprint density at radius 2 is 1.97 bits per heavy atom. The van der Waals surface area contributed by atoms with Crippen LogP contribution < -0.4 is 26.4 Å². The molecule has 12 heteroatoms. The van der Waals surface area contributed by atoms with Gasteiger partial charge in [-0.3, -0.25) is 10.2 Å². The molecule has 2 atom stereocenters. The Morgan fingerprint density at radius 3 is 2.59 bits per heavy atom. The summed E-state index contributed by atoms with van der Waals surface area (Å²) in [6.07, 6.45) is 2.78. The van der Waals surface area contributed by atoms with Crippen molar-refractivity contribution in [3.63, 3.8) is 0 Å². The summed E-state index contributed by atoms with van der Waals surface area (Å²) in [7, 11) is 1.56. The standard InChI is InChI=1S/C25H34N10O2/c1-15-9-20(29-21-10-16(2)31-32-21)30-24(28-15)34-13-25(14-34,37-5)23(36)27-12-19-6-7-22(26-11-19)35-18(4)8-17(3)33-35/h6-9,11,16,21,31-32H,10,12-14H2,1-5H3,(H,27,36)(H,28,29,30). The van der Waals surface area contributed by atoms with Gasteiger partial charge in [-0.05, 0) is 51.8 Å². The Labute approximate surface area is 216 Å². The SMILES string of the molecule is COC1(C(=O)NCc2ccc(-n3nc(C)cc3C)nc2)CN(c2nc(C)cc(NC3CC(C)NN3)n2)C1. The fourth-order valence-corrected chi connectivity index (χ4v) is 4.68. The first kappa shape index (κ1) is 25.1. The minimum atomic E-state index is -0.954. The van der Waals surface area contributed by atoms with Crippen LogP contribution in [0, 0.1) is 20.8 Å². The maximum absolute atomic E-state index is 13.1. The Morgan fingerprint density at radius 1 is 1.16 bits per heavy atom. The van der Waals surface area contributed by atoms with Crippen molar-refractivity contribution in [2.75, 3.05) is 30.4 Å². The predicted octanol–water partition coefficient (Wildman–Crippen LogP) is 1.13. The van der Waals surface area contributed by atoms with Gasteiger partial charge < -0.3 is 20.3 Å². The van der Waals surface area contributed by atoms with E-state index in [4.69, 9.17) is 4.74 Å². The number of nitrogens with zero attached hydrogens (tertiary/aromatic N) is 6. The number of hydrazine groups is 1. The average molecular weight is 507 g/mol. The lowest BCUT2D eigenvalue weighted by molar-refractivity contribution is -0.146. The largest absolute Gasteiger partial charge is 0.365 e. The number of carbonyl (C=O) groups excluding carboxylic acids is 1. The van der Waals surface area contributed by atoms with Crippen molar-refractivity contribution in [2.24, 2.45) is 0 Å². The predicted molar refractivity (Wildman–Crippen MR) is 139 cm³/mol. The number of ether oxygens (including phenoxy) is 1. The molecule has 2 saturated heterocycles. The maximum Gasteiger partial charge on any atom is 0.256 e. The first-order valence-corrected chi connectivity index (χ1v) is 12.4. The number of aryl methyl sites for hydroxylation is 3. The molecule has 37 heavy (non-hydrogen) atoms. The zero-order chi connectivity index (χ0) is 26.2. The molecule has 1 amide bonds. The highest BCUT2D eigenvalue weighted by atomic mass is 16.5. The molecule has 0 saturated carbocycles. The molecule has 4 N–H and O–H groups in total. The summed E-state index contributed by atoms with van der Waals surface area (Å²) in [5.41, 5.74) is 9.16. The Balaban J connectivity index is 1.18. The van der Waals surface area contributed by atoms with Crippen molar-refractivity contribution in [3.8, 4) is 5.82 Å². The van der Waals surface area contributed by atoms with Gasteiger partial charge in [0.15, 0.2) is 11.4 Å². The van der Waals surface area contributed by atoms with Crippen molar-refractivity contribution in [2.45, 2.75) is 58.5 Å². The summed E-state index contributed by atoms with van der Waals surface area (Å²) >= 11 is 0. The van der Waals surface area contributed by atoms with Gasteiger partial charge in [-0.25, -0.2) is 20.1 Å². The second-order valence-corrected chi connectivity index (χ2v) is 9.92. The minimum absolute atomic E-state index is 0.0913. The Kier molecular flexibility index (Phi) is 6.80. The molecule has 0 radical (unpaired) electrons. The van der Waals surface area contributed by atoms with Gasteiger partial charge in [0.1, 0.15) is 5.82 Å². The van der Waals surface area contributed by atoms with E-state index >= 15 is 0 Å². The number of hydrogen-bond donors (Lipinski definition) is 4. The van der Waals surface area contributed by atoms with Crippen LogP contribution in [0.4, 0.5) is 11.8 Å². The second-order valence-electron chi connectivity index (χ2n) is 9.92. The fourth-order valence-electron chi connectivity index (χ4n) is 4.68. The van der Waals surface area contributed by atoms with Crippen molar-refractivity contribution < 1.29 is 9.53 Å². The Hall–Kier alpha value is -3.61. The van der Waals surface area contributed by atoms with Crippen molar-refractivity contribution in [3.05, 3.63) is 53.1 Å². The number of carbonyl (C=O) groups is 1. The molecule has 2 aliphatic heterocycles. The number of amides is 1. The van der Waals surface area contributed by atoms with Gasteiger partial charge in [-0.2, -0.15) is 10.1 Å². The van der Waals surface area contributed by atoms with Crippen LogP contribution in [0.25, 0.3) is 5.82 Å². The molecule has 2 unspecified atom stereocenters. The van der Waals surface area contributed by atoms with Crippen LogP contribution in [0.15, 0.2) is 30.5 Å². The maximum atomic E-state index is 13.1. The lowest BCUT2D eigenvalue weighted by Crippen LogP contribution is -2.70. The number of aromatic nitrogens is 5. The highest BCUT2D eigenvalue weighted by Gasteiger charge is 2.51. The third kappa shape index (κ3) is 5.26. The molecule has 2 fully saturated rings. The van der Waals surface area contributed by atoms with E-state index in [-0.39, 0.29) is 12.1 Å². The third-order valence-electron chi connectivity index (χ3n) is 6.73. The molecule has 0 aliphatic carbocycles. The van der Waals surface area contributed by atoms with Crippen LogP contribution in [0.1, 0.15) is 36.0 Å². The lowest BCUT2D eigenvalue weighted by atomic mass is 9.93. The normalized spacial score (nSPS) is 20.5. The molecule has 5 heterocycles. The number of pyridine rings is 1. The summed E-state index contributed by atoms with van der Waals surface area (Å²) in [6, 6.07) is 8.14. The molecule has 0 aromatic carbocycles. The molecule has 0 spiro atoms. The summed E-state index contributed by atoms with van der Waals surface area (Å²) < 4.78 is 7.48. The number of methoxy groups -OCH3 is 1. The van der Waals surface area contributed by atoms with Gasteiger partial charge in [0.25, 0.3) is 5.91 Å². The Bertz CT molecular complexity index is 1270. The van der Waals surface area contributed by atoms with Gasteiger partial charge in [0.05, 0.1) is 24.9 Å². The number of rotatable bonds is 8. The molecule has 12 nitrogen and oxygen atoms in total. The van der Waals surface area contributed by atoms with Gasteiger partial charge >= 0.3 is 0 Å². The highest BCUT2D eigenvalue weighted by Crippen LogP contribution is 2.29. The molecule has 0 bridgehead atoms. The first-order valence-electron chi connectivity index (χ1n) is 12.4. The van der Waals surface area contributed by atoms with Crippen LogP contribution >= 0.6 is 0 Å². The molecule has 2 aliphatic rings. The molecule has 3 aromatic heterocycles. The zero-order valence-corrected chi connectivity index (χ0v) is 21.9. The second kappa shape index (κ2) is 10.0. The summed E-state index contributed by atoms with van der Waals surface area (Å²) in [6.45, 7) is 9.09. The van der Waals surface area contributed by atoms with E-state index in [0.29, 0.717) is 31.6 Å². The van der Waals surface area contributed by atoms with E-state index in [1.54, 1.807) is 18.0 Å². The van der Waals surface area contributed by atoms with E-state index in [1.807, 2.05) is 49.9 Å². The van der Waals surface area contributed by atoms with Crippen LogP contribution in [0.5, 0.6) is 0 Å². The minimum Gasteiger partial charge on any atom is -0.365 e. The number of anilines is 2. The van der Waals surface area contributed by atoms with E-state index in [0.717, 1.165) is 40.7 Å². The molecular formula is C25H34N10O2. The van der Waals surface area contributed by atoms with Crippen LogP contribution in [-0.4, -0.2) is 68.6 Å². The van der Waals surface area contributed by atoms with Gasteiger partial charge in [-0.15, -0.1) is 0 Å². The number of hydrogen-bond acceptors (Lipinski definition) is 10. The fraction of sp³-hybridized carbons (Fsp3) is 0.480. The highest BCUT2D eigenvalue weighted by molar-refractivity contribution is 5.88. The number of nitrogens with one attached hydrogen (secondary N) is 4. The third-order valence-corrected chi connectivity index (χ3v) is 6.73. The summed E-state index contributed by atoms with van der Waals surface area (Å²) in [5, 5.41) is 10.9. The zero-order valence-electron chi connectivity index (χ0n) is 21.9. The van der Waals surface area contributed by atoms with E-state index in [2.05, 4.69) is 48.5 Å². The molecule has 5 rings (SSSR count). The monoisotopic (exact) mass is 506 g/mol. The smallest absolute Gasteiger partial charge is 0.256 e. The first-order chi connectivity index (χ1) is 17.7. The van der Waals surface area contributed by atoms with Crippen LogP contribution in [-0.2, 0) is 16.1 Å². The van der Waals surface area contributed by atoms with Crippen molar-refractivity contribution in [1.29, 1.82) is 0 Å². The van der Waals surface area contributed by atoms with E-state index in [9.17, 15) is 4.79 Å². The summed E-state index contributed by atoms with van der Waals surface area (Å²) in [4.78, 5) is 28.8. The molecule has 3 aromatic rings. The average Bonchev–Trinajstić information content (AvgIpc) is 3.40. The van der Waals surface area contributed by atoms with Gasteiger partial charge in [0, 0.05) is 43.3 Å². The van der Waals surface area contributed by atoms with E-state index < -0.39 is 5.60 Å².